The minimum atomic E-state index is -0.573. The zero-order valence-electron chi connectivity index (χ0n) is 19.1. The van der Waals surface area contributed by atoms with Crippen LogP contribution >= 0.6 is 0 Å². The quantitative estimate of drug-likeness (QED) is 0.263. The highest BCUT2D eigenvalue weighted by molar-refractivity contribution is 5.60. The molecule has 30 heavy (non-hydrogen) atoms. The Balaban J connectivity index is 1.46. The molecular formula is C24H42O6. The van der Waals surface area contributed by atoms with Crippen molar-refractivity contribution in [2.45, 2.75) is 128 Å². The van der Waals surface area contributed by atoms with Crippen molar-refractivity contribution >= 4 is 12.3 Å². The van der Waals surface area contributed by atoms with Crippen molar-refractivity contribution < 1.29 is 28.5 Å². The van der Waals surface area contributed by atoms with Crippen LogP contribution in [0.25, 0.3) is 0 Å². The molecule has 2 aliphatic rings. The predicted molar refractivity (Wildman–Crippen MR) is 115 cm³/mol. The number of ether oxygens (including phenoxy) is 4. The van der Waals surface area contributed by atoms with Crippen molar-refractivity contribution in [2.24, 2.45) is 5.92 Å². The lowest BCUT2D eigenvalue weighted by Crippen LogP contribution is -2.31. The van der Waals surface area contributed by atoms with Crippen LogP contribution in [-0.4, -0.2) is 37.2 Å². The molecule has 6 heteroatoms. The Labute approximate surface area is 182 Å². The van der Waals surface area contributed by atoms with Crippen molar-refractivity contribution in [1.82, 2.24) is 0 Å². The van der Waals surface area contributed by atoms with Gasteiger partial charge in [0, 0.05) is 0 Å². The maximum Gasteiger partial charge on any atom is 0.508 e. The largest absolute Gasteiger partial charge is 0.508 e. The van der Waals surface area contributed by atoms with E-state index in [1.54, 1.807) is 0 Å². The molecule has 2 fully saturated rings. The first-order chi connectivity index (χ1) is 14.5. The van der Waals surface area contributed by atoms with E-state index in [1.165, 1.54) is 32.1 Å². The molecule has 2 rings (SSSR count). The van der Waals surface area contributed by atoms with Gasteiger partial charge in [-0.1, -0.05) is 52.4 Å². The molecule has 6 nitrogen and oxygen atoms in total. The van der Waals surface area contributed by atoms with Gasteiger partial charge in [-0.05, 0) is 63.7 Å². The van der Waals surface area contributed by atoms with Gasteiger partial charge in [0.1, 0.15) is 18.3 Å². The number of carbonyl (C=O) groups is 2. The Morgan fingerprint density at radius 2 is 1.17 bits per heavy atom. The van der Waals surface area contributed by atoms with Crippen molar-refractivity contribution in [3.63, 3.8) is 0 Å². The van der Waals surface area contributed by atoms with Gasteiger partial charge >= 0.3 is 12.3 Å². The molecule has 0 radical (unpaired) electrons. The second kappa shape index (κ2) is 14.5. The molecule has 0 unspecified atom stereocenters. The van der Waals surface area contributed by atoms with E-state index in [-0.39, 0.29) is 18.3 Å². The normalized spacial score (nSPS) is 22.5. The molecule has 0 aromatic heterocycles. The standard InChI is InChI=1S/C24H42O6/c1-19(2)11-7-4-3-5-10-18-27-23(25)28-21-14-16-22(17-15-21)30-24(26)29-20-12-8-6-9-13-20/h19-22H,3-18H2,1-2H3. The lowest BCUT2D eigenvalue weighted by atomic mass is 9.95. The fourth-order valence-corrected chi connectivity index (χ4v) is 4.26. The molecule has 0 heterocycles. The molecule has 2 aliphatic carbocycles. The Bertz CT molecular complexity index is 478. The van der Waals surface area contributed by atoms with Gasteiger partial charge in [-0.2, -0.15) is 0 Å². The monoisotopic (exact) mass is 426 g/mol. The molecule has 0 aliphatic heterocycles. The summed E-state index contributed by atoms with van der Waals surface area (Å²) in [5, 5.41) is 0. The topological polar surface area (TPSA) is 71.1 Å². The molecule has 0 aromatic rings. The molecule has 0 bridgehead atoms. The van der Waals surface area contributed by atoms with Crippen LogP contribution in [-0.2, 0) is 18.9 Å². The van der Waals surface area contributed by atoms with E-state index in [0.717, 1.165) is 44.4 Å². The average molecular weight is 427 g/mol. The maximum atomic E-state index is 11.9. The Kier molecular flexibility index (Phi) is 12.0. The van der Waals surface area contributed by atoms with E-state index in [1.807, 2.05) is 0 Å². The first-order valence-corrected chi connectivity index (χ1v) is 12.2. The Morgan fingerprint density at radius 1 is 0.667 bits per heavy atom. The lowest BCUT2D eigenvalue weighted by Gasteiger charge is -2.28. The van der Waals surface area contributed by atoms with Crippen LogP contribution in [0.3, 0.4) is 0 Å². The third kappa shape index (κ3) is 11.1. The van der Waals surface area contributed by atoms with Crippen molar-refractivity contribution in [3.8, 4) is 0 Å². The molecule has 0 aromatic carbocycles. The number of unbranched alkanes of at least 4 members (excludes halogenated alkanes) is 4. The molecule has 0 N–H and O–H groups in total. The summed E-state index contributed by atoms with van der Waals surface area (Å²) in [7, 11) is 0. The van der Waals surface area contributed by atoms with Gasteiger partial charge in [0.15, 0.2) is 0 Å². The predicted octanol–water partition coefficient (Wildman–Crippen LogP) is 6.93. The SMILES string of the molecule is CC(C)CCCCCCCOC(=O)OC1CCC(OC(=O)OC2CCCCC2)CC1. The molecule has 174 valence electrons. The van der Waals surface area contributed by atoms with E-state index < -0.39 is 12.3 Å². The highest BCUT2D eigenvalue weighted by Crippen LogP contribution is 2.26. The van der Waals surface area contributed by atoms with Crippen LogP contribution in [0.2, 0.25) is 0 Å². The van der Waals surface area contributed by atoms with Gasteiger partial charge < -0.3 is 18.9 Å². The van der Waals surface area contributed by atoms with E-state index in [0.29, 0.717) is 32.3 Å². The fraction of sp³-hybridized carbons (Fsp3) is 0.917. The second-order valence-corrected chi connectivity index (χ2v) is 9.31. The van der Waals surface area contributed by atoms with Crippen molar-refractivity contribution in [3.05, 3.63) is 0 Å². The molecular weight excluding hydrogens is 384 g/mol. The summed E-state index contributed by atoms with van der Waals surface area (Å²) in [6.45, 7) is 4.94. The average Bonchev–Trinajstić information content (AvgIpc) is 2.72. The van der Waals surface area contributed by atoms with E-state index in [4.69, 9.17) is 18.9 Å². The summed E-state index contributed by atoms with van der Waals surface area (Å²) in [4.78, 5) is 23.8. The van der Waals surface area contributed by atoms with Gasteiger partial charge in [0.2, 0.25) is 0 Å². The summed E-state index contributed by atoms with van der Waals surface area (Å²) in [6.07, 6.45) is 13.7. The zero-order chi connectivity index (χ0) is 21.6. The van der Waals surface area contributed by atoms with E-state index in [2.05, 4.69) is 13.8 Å². The van der Waals surface area contributed by atoms with Crippen LogP contribution in [0, 0.1) is 5.92 Å². The minimum Gasteiger partial charge on any atom is -0.434 e. The number of hydrogen-bond acceptors (Lipinski definition) is 6. The summed E-state index contributed by atoms with van der Waals surface area (Å²) in [5.41, 5.74) is 0. The van der Waals surface area contributed by atoms with Crippen LogP contribution in [0.1, 0.15) is 110 Å². The van der Waals surface area contributed by atoms with Crippen LogP contribution in [0.4, 0.5) is 9.59 Å². The third-order valence-corrected chi connectivity index (χ3v) is 6.11. The van der Waals surface area contributed by atoms with E-state index in [9.17, 15) is 9.59 Å². The van der Waals surface area contributed by atoms with Gasteiger partial charge in [0.05, 0.1) is 6.61 Å². The minimum absolute atomic E-state index is 0.0146. The Hall–Kier alpha value is -1.46. The summed E-state index contributed by atoms with van der Waals surface area (Å²) >= 11 is 0. The smallest absolute Gasteiger partial charge is 0.434 e. The zero-order valence-corrected chi connectivity index (χ0v) is 19.1. The third-order valence-electron chi connectivity index (χ3n) is 6.11. The first kappa shape index (κ1) is 24.8. The lowest BCUT2D eigenvalue weighted by molar-refractivity contribution is -0.0401. The molecule has 0 saturated heterocycles. The molecule has 0 amide bonds. The van der Waals surface area contributed by atoms with Crippen LogP contribution in [0.15, 0.2) is 0 Å². The number of carbonyl (C=O) groups excluding carboxylic acids is 2. The highest BCUT2D eigenvalue weighted by atomic mass is 16.7. The van der Waals surface area contributed by atoms with Gasteiger partial charge in [-0.25, -0.2) is 9.59 Å². The van der Waals surface area contributed by atoms with Crippen molar-refractivity contribution in [1.29, 1.82) is 0 Å². The van der Waals surface area contributed by atoms with Crippen LogP contribution < -0.4 is 0 Å². The van der Waals surface area contributed by atoms with Crippen LogP contribution in [0.5, 0.6) is 0 Å². The summed E-state index contributed by atoms with van der Waals surface area (Å²) in [5.74, 6) is 0.778. The molecule has 2 saturated carbocycles. The van der Waals surface area contributed by atoms with Gasteiger partial charge in [0.25, 0.3) is 0 Å². The molecule has 0 spiro atoms. The van der Waals surface area contributed by atoms with Crippen molar-refractivity contribution in [2.75, 3.05) is 6.61 Å². The number of hydrogen-bond donors (Lipinski definition) is 0. The maximum absolute atomic E-state index is 11.9. The highest BCUT2D eigenvalue weighted by Gasteiger charge is 2.28. The van der Waals surface area contributed by atoms with Gasteiger partial charge in [-0.3, -0.25) is 0 Å². The fourth-order valence-electron chi connectivity index (χ4n) is 4.26. The first-order valence-electron chi connectivity index (χ1n) is 12.2. The molecule has 0 atom stereocenters. The second-order valence-electron chi connectivity index (χ2n) is 9.31. The van der Waals surface area contributed by atoms with E-state index >= 15 is 0 Å². The van der Waals surface area contributed by atoms with Gasteiger partial charge in [-0.15, -0.1) is 0 Å². The summed E-state index contributed by atoms with van der Waals surface area (Å²) in [6, 6.07) is 0. The summed E-state index contributed by atoms with van der Waals surface area (Å²) < 4.78 is 21.5. The number of rotatable bonds is 11. The Morgan fingerprint density at radius 3 is 1.77 bits per heavy atom.